The number of nitrogens with one attached hydrogen (secondary N) is 1. The third kappa shape index (κ3) is 7.00. The van der Waals surface area contributed by atoms with Crippen LogP contribution in [-0.4, -0.2) is 72.3 Å². The lowest BCUT2D eigenvalue weighted by Crippen LogP contribution is -2.50. The number of rotatable bonds is 9. The Morgan fingerprint density at radius 1 is 1.27 bits per heavy atom. The summed E-state index contributed by atoms with van der Waals surface area (Å²) in [5.74, 6) is 0.418. The zero-order valence-electron chi connectivity index (χ0n) is 18.0. The van der Waals surface area contributed by atoms with E-state index in [0.29, 0.717) is 31.5 Å². The summed E-state index contributed by atoms with van der Waals surface area (Å²) in [5, 5.41) is 2.54. The van der Waals surface area contributed by atoms with Crippen molar-refractivity contribution >= 4 is 29.5 Å². The molecule has 8 heteroatoms. The molecular formula is C22H32FN3O3S. The van der Waals surface area contributed by atoms with Gasteiger partial charge in [-0.05, 0) is 43.1 Å². The van der Waals surface area contributed by atoms with Crippen molar-refractivity contribution in [3.05, 3.63) is 35.6 Å². The maximum atomic E-state index is 14.3. The molecular weight excluding hydrogens is 405 g/mol. The molecule has 0 aromatic heterocycles. The molecule has 1 aromatic carbocycles. The van der Waals surface area contributed by atoms with Gasteiger partial charge >= 0.3 is 0 Å². The van der Waals surface area contributed by atoms with Gasteiger partial charge in [0.15, 0.2) is 0 Å². The van der Waals surface area contributed by atoms with Crippen molar-refractivity contribution in [3.63, 3.8) is 0 Å². The van der Waals surface area contributed by atoms with Gasteiger partial charge < -0.3 is 15.1 Å². The number of amides is 3. The fourth-order valence-corrected chi connectivity index (χ4v) is 4.28. The van der Waals surface area contributed by atoms with Gasteiger partial charge in [0.1, 0.15) is 5.82 Å². The highest BCUT2D eigenvalue weighted by Gasteiger charge is 2.33. The van der Waals surface area contributed by atoms with Gasteiger partial charge in [-0.3, -0.25) is 14.4 Å². The Labute approximate surface area is 182 Å². The number of likely N-dealkylation sites (N-methyl/N-ethyl adjacent to an activating group) is 1. The minimum Gasteiger partial charge on any atom is -0.347 e. The molecule has 0 bridgehead atoms. The van der Waals surface area contributed by atoms with E-state index in [9.17, 15) is 18.8 Å². The van der Waals surface area contributed by atoms with E-state index in [0.717, 1.165) is 18.6 Å². The summed E-state index contributed by atoms with van der Waals surface area (Å²) < 4.78 is 14.3. The van der Waals surface area contributed by atoms with Crippen molar-refractivity contribution in [3.8, 4) is 0 Å². The van der Waals surface area contributed by atoms with Crippen LogP contribution in [0.25, 0.3) is 0 Å². The fourth-order valence-electron chi connectivity index (χ4n) is 3.91. The van der Waals surface area contributed by atoms with E-state index in [1.807, 2.05) is 19.4 Å². The molecule has 0 saturated carbocycles. The van der Waals surface area contributed by atoms with Crippen molar-refractivity contribution in [2.75, 3.05) is 38.7 Å². The van der Waals surface area contributed by atoms with Crippen molar-refractivity contribution in [2.24, 2.45) is 5.92 Å². The predicted octanol–water partition coefficient (Wildman–Crippen LogP) is 2.32. The first-order valence-electron chi connectivity index (χ1n) is 10.3. The Bertz CT molecular complexity index is 738. The molecule has 166 valence electrons. The highest BCUT2D eigenvalue weighted by Crippen LogP contribution is 2.27. The van der Waals surface area contributed by atoms with Gasteiger partial charge in [0.2, 0.25) is 17.7 Å². The largest absolute Gasteiger partial charge is 0.347 e. The number of likely N-dealkylation sites (tertiary alicyclic amines) is 1. The Morgan fingerprint density at radius 2 is 1.93 bits per heavy atom. The first-order chi connectivity index (χ1) is 14.3. The second-order valence-corrected chi connectivity index (χ2v) is 8.72. The average molecular weight is 438 g/mol. The zero-order valence-corrected chi connectivity index (χ0v) is 18.8. The highest BCUT2D eigenvalue weighted by atomic mass is 32.2. The van der Waals surface area contributed by atoms with Crippen LogP contribution in [0.4, 0.5) is 4.39 Å². The van der Waals surface area contributed by atoms with Gasteiger partial charge in [-0.25, -0.2) is 4.39 Å². The average Bonchev–Trinajstić information content (AvgIpc) is 2.75. The number of piperidine rings is 1. The van der Waals surface area contributed by atoms with E-state index in [2.05, 4.69) is 5.32 Å². The molecule has 3 amide bonds. The summed E-state index contributed by atoms with van der Waals surface area (Å²) in [4.78, 5) is 39.5. The van der Waals surface area contributed by atoms with Gasteiger partial charge in [-0.2, -0.15) is 11.8 Å². The minimum absolute atomic E-state index is 0.00568. The first-order valence-corrected chi connectivity index (χ1v) is 11.7. The smallest absolute Gasteiger partial charge is 0.241 e. The molecule has 0 spiro atoms. The second-order valence-electron chi connectivity index (χ2n) is 7.74. The maximum absolute atomic E-state index is 14.3. The fraction of sp³-hybridized carbons (Fsp3) is 0.591. The van der Waals surface area contributed by atoms with Crippen LogP contribution in [0, 0.1) is 11.7 Å². The van der Waals surface area contributed by atoms with Crippen LogP contribution in [-0.2, 0) is 20.8 Å². The van der Waals surface area contributed by atoms with Crippen LogP contribution in [0.3, 0.4) is 0 Å². The molecule has 1 aromatic rings. The van der Waals surface area contributed by atoms with Crippen LogP contribution in [0.15, 0.2) is 24.3 Å². The molecule has 1 atom stereocenters. The Hall–Kier alpha value is -2.09. The van der Waals surface area contributed by atoms with Crippen molar-refractivity contribution in [1.82, 2.24) is 15.1 Å². The zero-order chi connectivity index (χ0) is 22.1. The molecule has 30 heavy (non-hydrogen) atoms. The Balaban J connectivity index is 2.07. The topological polar surface area (TPSA) is 69.7 Å². The molecule has 1 aliphatic heterocycles. The number of halogens is 1. The molecule has 1 N–H and O–H groups in total. The van der Waals surface area contributed by atoms with Crippen LogP contribution in [0.2, 0.25) is 0 Å². The molecule has 1 heterocycles. The van der Waals surface area contributed by atoms with Crippen molar-refractivity contribution in [2.45, 2.75) is 38.6 Å². The number of nitrogens with zero attached hydrogens (tertiary/aromatic N) is 2. The van der Waals surface area contributed by atoms with Gasteiger partial charge in [0, 0.05) is 45.3 Å². The van der Waals surface area contributed by atoms with Crippen LogP contribution in [0.5, 0.6) is 0 Å². The predicted molar refractivity (Wildman–Crippen MR) is 118 cm³/mol. The molecule has 1 saturated heterocycles. The summed E-state index contributed by atoms with van der Waals surface area (Å²) in [5.41, 5.74) is 0.608. The number of hydrogen-bond acceptors (Lipinski definition) is 4. The minimum atomic E-state index is -0.254. The number of hydrogen-bond donors (Lipinski definition) is 1. The third-order valence-electron chi connectivity index (χ3n) is 5.72. The normalized spacial score (nSPS) is 15.5. The first kappa shape index (κ1) is 24.2. The van der Waals surface area contributed by atoms with Crippen molar-refractivity contribution < 1.29 is 18.8 Å². The molecule has 0 radical (unpaired) electrons. The molecule has 2 rings (SSSR count). The lowest BCUT2D eigenvalue weighted by Gasteiger charge is -2.40. The maximum Gasteiger partial charge on any atom is 0.241 e. The standard InChI is InChI=1S/C22H32FN3O3S/c1-16(27)24-15-22(29)26-11-8-17(9-12-26)20(25(2)21(28)10-13-30-3)14-18-6-4-5-7-19(18)23/h4-7,17,20H,8-15H2,1-3H3,(H,24,27). The van der Waals surface area contributed by atoms with Crippen LogP contribution < -0.4 is 5.32 Å². The number of carbonyl (C=O) groups is 3. The number of benzene rings is 1. The van der Waals surface area contributed by atoms with Gasteiger partial charge in [0.05, 0.1) is 6.54 Å². The van der Waals surface area contributed by atoms with Gasteiger partial charge in [0.25, 0.3) is 0 Å². The van der Waals surface area contributed by atoms with Crippen LogP contribution in [0.1, 0.15) is 31.7 Å². The Morgan fingerprint density at radius 3 is 2.53 bits per heavy atom. The van der Waals surface area contributed by atoms with E-state index in [1.165, 1.54) is 13.0 Å². The lowest BCUT2D eigenvalue weighted by atomic mass is 9.84. The van der Waals surface area contributed by atoms with E-state index >= 15 is 0 Å². The quantitative estimate of drug-likeness (QED) is 0.644. The molecule has 1 fully saturated rings. The van der Waals surface area contributed by atoms with Gasteiger partial charge in [-0.1, -0.05) is 18.2 Å². The van der Waals surface area contributed by atoms with E-state index in [-0.39, 0.29) is 42.0 Å². The third-order valence-corrected chi connectivity index (χ3v) is 6.34. The monoisotopic (exact) mass is 437 g/mol. The second kappa shape index (κ2) is 11.9. The molecule has 1 unspecified atom stereocenters. The number of thioether (sulfide) groups is 1. The molecule has 1 aliphatic rings. The summed E-state index contributed by atoms with van der Waals surface area (Å²) in [6, 6.07) is 6.58. The SMILES string of the molecule is CSCCC(=O)N(C)C(Cc1ccccc1F)C1CCN(C(=O)CNC(C)=O)CC1. The van der Waals surface area contributed by atoms with Crippen LogP contribution >= 0.6 is 11.8 Å². The van der Waals surface area contributed by atoms with E-state index < -0.39 is 0 Å². The molecule has 0 aliphatic carbocycles. The number of carbonyl (C=O) groups excluding carboxylic acids is 3. The van der Waals surface area contributed by atoms with Crippen molar-refractivity contribution in [1.29, 1.82) is 0 Å². The lowest BCUT2D eigenvalue weighted by molar-refractivity contribution is -0.136. The summed E-state index contributed by atoms with van der Waals surface area (Å²) in [6.07, 6.45) is 4.37. The van der Waals surface area contributed by atoms with E-state index in [4.69, 9.17) is 0 Å². The highest BCUT2D eigenvalue weighted by molar-refractivity contribution is 7.98. The Kier molecular flexibility index (Phi) is 9.62. The molecule has 6 nitrogen and oxygen atoms in total. The summed E-state index contributed by atoms with van der Waals surface area (Å²) >= 11 is 1.63. The summed E-state index contributed by atoms with van der Waals surface area (Å²) in [7, 11) is 1.81. The summed E-state index contributed by atoms with van der Waals surface area (Å²) in [6.45, 7) is 2.54. The van der Waals surface area contributed by atoms with E-state index in [1.54, 1.807) is 33.7 Å². The van der Waals surface area contributed by atoms with Gasteiger partial charge in [-0.15, -0.1) is 0 Å².